The molecule has 0 aromatic carbocycles. The van der Waals surface area contributed by atoms with Crippen LogP contribution < -0.4 is 4.90 Å². The number of fused-ring (bicyclic) bond motifs is 3. The first-order valence-corrected chi connectivity index (χ1v) is 8.13. The quantitative estimate of drug-likeness (QED) is 0.777. The van der Waals surface area contributed by atoms with Crippen molar-refractivity contribution < 1.29 is 4.79 Å². The van der Waals surface area contributed by atoms with E-state index in [2.05, 4.69) is 24.8 Å². The number of aromatic nitrogens is 4. The molecule has 1 fully saturated rings. The number of anilines is 1. The number of amides is 1. The van der Waals surface area contributed by atoms with Crippen LogP contribution in [-0.4, -0.2) is 56.9 Å². The van der Waals surface area contributed by atoms with Gasteiger partial charge in [0.05, 0.1) is 29.2 Å². The summed E-state index contributed by atoms with van der Waals surface area (Å²) in [6, 6.07) is 3.98. The summed E-state index contributed by atoms with van der Waals surface area (Å²) in [5.41, 5.74) is 1.61. The van der Waals surface area contributed by atoms with Gasteiger partial charge in [-0.15, -0.1) is 0 Å². The molecule has 1 unspecified atom stereocenters. The van der Waals surface area contributed by atoms with E-state index in [-0.39, 0.29) is 18.4 Å². The highest BCUT2D eigenvalue weighted by Gasteiger charge is 2.30. The molecule has 4 rings (SSSR count). The van der Waals surface area contributed by atoms with Gasteiger partial charge in [-0.05, 0) is 12.5 Å². The van der Waals surface area contributed by atoms with Crippen molar-refractivity contribution in [1.29, 1.82) is 5.26 Å². The highest BCUT2D eigenvalue weighted by atomic mass is 16.2. The average molecular weight is 335 g/mol. The summed E-state index contributed by atoms with van der Waals surface area (Å²) >= 11 is 0. The second-order valence-corrected chi connectivity index (χ2v) is 6.18. The Labute approximate surface area is 144 Å². The molecule has 1 N–H and O–H groups in total. The number of hydrogen-bond donors (Lipinski definition) is 1. The number of nitrogens with one attached hydrogen (secondary N) is 1. The van der Waals surface area contributed by atoms with Crippen LogP contribution in [0.1, 0.15) is 12.8 Å². The van der Waals surface area contributed by atoms with Crippen LogP contribution in [0.3, 0.4) is 0 Å². The van der Waals surface area contributed by atoms with E-state index in [1.165, 1.54) is 0 Å². The first-order chi connectivity index (χ1) is 12.2. The monoisotopic (exact) mass is 335 g/mol. The number of rotatable bonds is 3. The Bertz CT molecular complexity index is 989. The van der Waals surface area contributed by atoms with E-state index in [1.807, 2.05) is 18.3 Å². The van der Waals surface area contributed by atoms with Crippen LogP contribution >= 0.6 is 0 Å². The van der Waals surface area contributed by atoms with Crippen molar-refractivity contribution in [1.82, 2.24) is 24.8 Å². The van der Waals surface area contributed by atoms with Crippen LogP contribution in [0.15, 0.2) is 24.8 Å². The van der Waals surface area contributed by atoms with Gasteiger partial charge < -0.3 is 14.8 Å². The zero-order valence-corrected chi connectivity index (χ0v) is 13.8. The van der Waals surface area contributed by atoms with Crippen LogP contribution in [0.2, 0.25) is 0 Å². The molecule has 1 atom stereocenters. The van der Waals surface area contributed by atoms with Gasteiger partial charge in [0.25, 0.3) is 0 Å². The lowest BCUT2D eigenvalue weighted by atomic mass is 10.2. The molecule has 8 nitrogen and oxygen atoms in total. The van der Waals surface area contributed by atoms with Gasteiger partial charge >= 0.3 is 0 Å². The van der Waals surface area contributed by atoms with E-state index < -0.39 is 0 Å². The van der Waals surface area contributed by atoms with E-state index >= 15 is 0 Å². The molecule has 126 valence electrons. The molecular formula is C17H17N7O. The average Bonchev–Trinajstić information content (AvgIpc) is 3.30. The maximum atomic E-state index is 12.0. The summed E-state index contributed by atoms with van der Waals surface area (Å²) in [7, 11) is 1.76. The number of pyridine rings is 1. The lowest BCUT2D eigenvalue weighted by Crippen LogP contribution is -2.38. The third-order valence-corrected chi connectivity index (χ3v) is 4.80. The van der Waals surface area contributed by atoms with Gasteiger partial charge in [0, 0.05) is 31.7 Å². The Balaban J connectivity index is 1.68. The molecule has 1 amide bonds. The SMILES string of the molecule is CN(C(=O)CC#N)C1CCN(c2ncnc3cnc4[nH]ccc4c23)C1. The Kier molecular flexibility index (Phi) is 3.69. The van der Waals surface area contributed by atoms with E-state index in [0.29, 0.717) is 6.54 Å². The number of carbonyl (C=O) groups excluding carboxylic acids is 1. The second-order valence-electron chi connectivity index (χ2n) is 6.18. The zero-order chi connectivity index (χ0) is 17.4. The molecule has 1 aliphatic rings. The third kappa shape index (κ3) is 2.54. The van der Waals surface area contributed by atoms with Crippen molar-refractivity contribution in [2.24, 2.45) is 0 Å². The van der Waals surface area contributed by atoms with Gasteiger partial charge in [0.2, 0.25) is 5.91 Å². The Hall–Kier alpha value is -3.21. The lowest BCUT2D eigenvalue weighted by molar-refractivity contribution is -0.130. The summed E-state index contributed by atoms with van der Waals surface area (Å²) in [6.07, 6.45) is 5.92. The standard InChI is InChI=1S/C17H17N7O/c1-23(14(25)2-5-18)11-4-7-24(9-11)17-15-12-3-6-19-16(12)20-8-13(15)21-10-22-17/h3,6,8,10-11H,2,4,7,9H2,1H3,(H,19,20). The zero-order valence-electron chi connectivity index (χ0n) is 13.8. The smallest absolute Gasteiger partial charge is 0.236 e. The minimum absolute atomic E-state index is 0.0782. The molecule has 25 heavy (non-hydrogen) atoms. The number of likely N-dealkylation sites (N-methyl/N-ethyl adjacent to an activating group) is 1. The molecule has 0 saturated carbocycles. The molecule has 0 spiro atoms. The summed E-state index contributed by atoms with van der Waals surface area (Å²) in [5.74, 6) is 0.722. The van der Waals surface area contributed by atoms with Gasteiger partial charge in [-0.1, -0.05) is 0 Å². The summed E-state index contributed by atoms with van der Waals surface area (Å²) in [5, 5.41) is 10.7. The van der Waals surface area contributed by atoms with Crippen LogP contribution in [0.25, 0.3) is 21.9 Å². The number of aromatic amines is 1. The number of hydrogen-bond acceptors (Lipinski definition) is 6. The fourth-order valence-electron chi connectivity index (χ4n) is 3.43. The Morgan fingerprint density at radius 3 is 3.20 bits per heavy atom. The van der Waals surface area contributed by atoms with Gasteiger partial charge in [-0.2, -0.15) is 5.26 Å². The van der Waals surface area contributed by atoms with E-state index in [4.69, 9.17) is 5.26 Å². The van der Waals surface area contributed by atoms with Crippen molar-refractivity contribution in [2.45, 2.75) is 18.9 Å². The van der Waals surface area contributed by atoms with Crippen LogP contribution in [-0.2, 0) is 4.79 Å². The number of H-pyrrole nitrogens is 1. The second kappa shape index (κ2) is 6.02. The highest BCUT2D eigenvalue weighted by molar-refractivity contribution is 6.08. The first kappa shape index (κ1) is 15.3. The first-order valence-electron chi connectivity index (χ1n) is 8.13. The highest BCUT2D eigenvalue weighted by Crippen LogP contribution is 2.31. The summed E-state index contributed by atoms with van der Waals surface area (Å²) in [6.45, 7) is 1.49. The molecule has 8 heteroatoms. The van der Waals surface area contributed by atoms with Gasteiger partial charge in [-0.25, -0.2) is 15.0 Å². The van der Waals surface area contributed by atoms with Gasteiger partial charge in [0.1, 0.15) is 24.2 Å². The lowest BCUT2D eigenvalue weighted by Gasteiger charge is -2.24. The van der Waals surface area contributed by atoms with Crippen LogP contribution in [0.4, 0.5) is 5.82 Å². The maximum absolute atomic E-state index is 12.0. The largest absolute Gasteiger partial charge is 0.354 e. The van der Waals surface area contributed by atoms with Crippen molar-refractivity contribution in [2.75, 3.05) is 25.0 Å². The van der Waals surface area contributed by atoms with E-state index in [1.54, 1.807) is 24.5 Å². The van der Waals surface area contributed by atoms with Crippen molar-refractivity contribution in [3.8, 4) is 6.07 Å². The van der Waals surface area contributed by atoms with Crippen molar-refractivity contribution >= 4 is 33.7 Å². The van der Waals surface area contributed by atoms with Crippen molar-refractivity contribution in [3.05, 3.63) is 24.8 Å². The molecule has 0 bridgehead atoms. The molecule has 1 aliphatic heterocycles. The molecule has 0 radical (unpaired) electrons. The fraction of sp³-hybridized carbons (Fsp3) is 0.353. The number of carbonyl (C=O) groups is 1. The Morgan fingerprint density at radius 1 is 1.48 bits per heavy atom. The predicted molar refractivity (Wildman–Crippen MR) is 92.8 cm³/mol. The molecule has 3 aromatic heterocycles. The molecule has 0 aliphatic carbocycles. The predicted octanol–water partition coefficient (Wildman–Crippen LogP) is 1.46. The third-order valence-electron chi connectivity index (χ3n) is 4.80. The van der Waals surface area contributed by atoms with E-state index in [0.717, 1.165) is 40.7 Å². The topological polar surface area (TPSA) is 102 Å². The molecular weight excluding hydrogens is 318 g/mol. The van der Waals surface area contributed by atoms with Gasteiger partial charge in [0.15, 0.2) is 0 Å². The maximum Gasteiger partial charge on any atom is 0.236 e. The fourth-order valence-corrected chi connectivity index (χ4v) is 3.43. The Morgan fingerprint density at radius 2 is 2.36 bits per heavy atom. The minimum Gasteiger partial charge on any atom is -0.354 e. The summed E-state index contributed by atoms with van der Waals surface area (Å²) in [4.78, 5) is 32.2. The van der Waals surface area contributed by atoms with E-state index in [9.17, 15) is 4.79 Å². The summed E-state index contributed by atoms with van der Waals surface area (Å²) < 4.78 is 0. The minimum atomic E-state index is -0.140. The number of nitrogens with zero attached hydrogens (tertiary/aromatic N) is 6. The molecule has 4 heterocycles. The molecule has 1 saturated heterocycles. The molecule has 3 aromatic rings. The normalized spacial score (nSPS) is 17.1. The van der Waals surface area contributed by atoms with Gasteiger partial charge in [-0.3, -0.25) is 4.79 Å². The van der Waals surface area contributed by atoms with Crippen molar-refractivity contribution in [3.63, 3.8) is 0 Å². The number of nitriles is 1. The van der Waals surface area contributed by atoms with Crippen LogP contribution in [0.5, 0.6) is 0 Å². The van der Waals surface area contributed by atoms with Crippen LogP contribution in [0, 0.1) is 11.3 Å².